The van der Waals surface area contributed by atoms with Crippen LogP contribution in [0.5, 0.6) is 0 Å². The van der Waals surface area contributed by atoms with Gasteiger partial charge in [-0.2, -0.15) is 0 Å². The van der Waals surface area contributed by atoms with Crippen molar-refractivity contribution in [3.05, 3.63) is 0 Å². The van der Waals surface area contributed by atoms with Gasteiger partial charge in [0.15, 0.2) is 5.78 Å². The van der Waals surface area contributed by atoms with Crippen LogP contribution in [0.25, 0.3) is 0 Å². The standard InChI is InChI=1S/C12H26N2O/c1-2-3-4-5-6-7-8-9-12(15)11(14)10-13/h11H,2-10,13-14H2,1H3. The van der Waals surface area contributed by atoms with Crippen LogP contribution < -0.4 is 11.5 Å². The van der Waals surface area contributed by atoms with Crippen LogP contribution in [0.3, 0.4) is 0 Å². The molecule has 0 aromatic carbocycles. The minimum Gasteiger partial charge on any atom is -0.328 e. The highest BCUT2D eigenvalue weighted by atomic mass is 16.1. The van der Waals surface area contributed by atoms with Crippen LogP contribution in [-0.4, -0.2) is 18.4 Å². The molecular weight excluding hydrogens is 188 g/mol. The predicted molar refractivity (Wildman–Crippen MR) is 64.6 cm³/mol. The molecule has 0 amide bonds. The van der Waals surface area contributed by atoms with Crippen LogP contribution in [0.1, 0.15) is 58.3 Å². The molecule has 0 spiro atoms. The second kappa shape index (κ2) is 10.1. The summed E-state index contributed by atoms with van der Waals surface area (Å²) in [5.74, 6) is 0.117. The van der Waals surface area contributed by atoms with Gasteiger partial charge in [0.05, 0.1) is 6.04 Å². The molecule has 15 heavy (non-hydrogen) atoms. The van der Waals surface area contributed by atoms with Crippen molar-refractivity contribution in [2.24, 2.45) is 11.5 Å². The third-order valence-electron chi connectivity index (χ3n) is 2.69. The summed E-state index contributed by atoms with van der Waals surface area (Å²) in [5.41, 5.74) is 10.8. The number of hydrogen-bond acceptors (Lipinski definition) is 3. The molecule has 0 heterocycles. The van der Waals surface area contributed by atoms with E-state index in [-0.39, 0.29) is 12.3 Å². The van der Waals surface area contributed by atoms with Gasteiger partial charge in [0, 0.05) is 13.0 Å². The van der Waals surface area contributed by atoms with Gasteiger partial charge >= 0.3 is 0 Å². The molecule has 0 bridgehead atoms. The number of Topliss-reactive ketones (excluding diaryl/α,β-unsaturated/α-hetero) is 1. The number of nitrogens with two attached hydrogens (primary N) is 2. The van der Waals surface area contributed by atoms with Gasteiger partial charge in [-0.15, -0.1) is 0 Å². The second-order valence-electron chi connectivity index (χ2n) is 4.18. The lowest BCUT2D eigenvalue weighted by atomic mass is 10.0. The Morgan fingerprint density at radius 2 is 1.60 bits per heavy atom. The van der Waals surface area contributed by atoms with Crippen LogP contribution in [0.2, 0.25) is 0 Å². The van der Waals surface area contributed by atoms with Gasteiger partial charge in [-0.1, -0.05) is 45.4 Å². The molecule has 0 saturated heterocycles. The predicted octanol–water partition coefficient (Wildman–Crippen LogP) is 1.98. The van der Waals surface area contributed by atoms with E-state index < -0.39 is 6.04 Å². The maximum atomic E-state index is 11.3. The highest BCUT2D eigenvalue weighted by Gasteiger charge is 2.09. The fourth-order valence-electron chi connectivity index (χ4n) is 1.57. The number of rotatable bonds is 10. The maximum Gasteiger partial charge on any atom is 0.150 e. The monoisotopic (exact) mass is 214 g/mol. The molecule has 4 N–H and O–H groups in total. The zero-order valence-electron chi connectivity index (χ0n) is 10.0. The summed E-state index contributed by atoms with van der Waals surface area (Å²) in [6.45, 7) is 2.49. The van der Waals surface area contributed by atoms with Crippen LogP contribution in [0.15, 0.2) is 0 Å². The Labute approximate surface area is 93.6 Å². The molecule has 0 aliphatic rings. The van der Waals surface area contributed by atoms with Crippen LogP contribution in [0.4, 0.5) is 0 Å². The largest absolute Gasteiger partial charge is 0.328 e. The highest BCUT2D eigenvalue weighted by molar-refractivity contribution is 5.83. The number of ketones is 1. The van der Waals surface area contributed by atoms with E-state index in [4.69, 9.17) is 11.5 Å². The third-order valence-corrected chi connectivity index (χ3v) is 2.69. The van der Waals surface area contributed by atoms with Crippen LogP contribution in [-0.2, 0) is 4.79 Å². The molecule has 0 aliphatic carbocycles. The molecule has 1 unspecified atom stereocenters. The van der Waals surface area contributed by atoms with Crippen LogP contribution >= 0.6 is 0 Å². The summed E-state index contributed by atoms with van der Waals surface area (Å²) < 4.78 is 0. The summed E-state index contributed by atoms with van der Waals surface area (Å²) in [6.07, 6.45) is 9.20. The van der Waals surface area contributed by atoms with Crippen molar-refractivity contribution in [2.75, 3.05) is 6.54 Å². The highest BCUT2D eigenvalue weighted by Crippen LogP contribution is 2.08. The van der Waals surface area contributed by atoms with Crippen LogP contribution in [0, 0.1) is 0 Å². The van der Waals surface area contributed by atoms with Gasteiger partial charge in [0.25, 0.3) is 0 Å². The maximum absolute atomic E-state index is 11.3. The van der Waals surface area contributed by atoms with Gasteiger partial charge in [-0.25, -0.2) is 0 Å². The van der Waals surface area contributed by atoms with E-state index in [9.17, 15) is 4.79 Å². The molecule has 0 fully saturated rings. The Balaban J connectivity index is 3.20. The van der Waals surface area contributed by atoms with E-state index in [1.54, 1.807) is 0 Å². The molecule has 0 aromatic heterocycles. The van der Waals surface area contributed by atoms with Crippen molar-refractivity contribution in [3.63, 3.8) is 0 Å². The van der Waals surface area contributed by atoms with E-state index in [1.807, 2.05) is 0 Å². The van der Waals surface area contributed by atoms with E-state index in [0.717, 1.165) is 12.8 Å². The van der Waals surface area contributed by atoms with E-state index >= 15 is 0 Å². The second-order valence-corrected chi connectivity index (χ2v) is 4.18. The molecule has 0 saturated carbocycles. The van der Waals surface area contributed by atoms with E-state index in [2.05, 4.69) is 6.92 Å². The third kappa shape index (κ3) is 8.58. The molecule has 1 atom stereocenters. The van der Waals surface area contributed by atoms with Gasteiger partial charge < -0.3 is 11.5 Å². The SMILES string of the molecule is CCCCCCCCCC(=O)C(N)CN. The summed E-state index contributed by atoms with van der Waals surface area (Å²) in [7, 11) is 0. The first-order valence-corrected chi connectivity index (χ1v) is 6.20. The fourth-order valence-corrected chi connectivity index (χ4v) is 1.57. The summed E-state index contributed by atoms with van der Waals surface area (Å²) >= 11 is 0. The fraction of sp³-hybridized carbons (Fsp3) is 0.917. The Bertz CT molecular complexity index is 160. The van der Waals surface area contributed by atoms with Gasteiger partial charge in [-0.3, -0.25) is 4.79 Å². The average molecular weight is 214 g/mol. The van der Waals surface area contributed by atoms with Gasteiger partial charge in [-0.05, 0) is 6.42 Å². The van der Waals surface area contributed by atoms with E-state index in [0.29, 0.717) is 6.42 Å². The lowest BCUT2D eigenvalue weighted by molar-refractivity contribution is -0.120. The topological polar surface area (TPSA) is 69.1 Å². The molecule has 0 aliphatic heterocycles. The Morgan fingerprint density at radius 1 is 1.07 bits per heavy atom. The first-order chi connectivity index (χ1) is 7.22. The molecule has 3 heteroatoms. The van der Waals surface area contributed by atoms with Gasteiger partial charge in [0.1, 0.15) is 0 Å². The van der Waals surface area contributed by atoms with Crippen molar-refractivity contribution < 1.29 is 4.79 Å². The van der Waals surface area contributed by atoms with Crippen molar-refractivity contribution in [1.29, 1.82) is 0 Å². The number of carbonyl (C=O) groups is 1. The van der Waals surface area contributed by atoms with Crippen molar-refractivity contribution >= 4 is 5.78 Å². The summed E-state index contributed by atoms with van der Waals surface area (Å²) in [6, 6.07) is -0.440. The summed E-state index contributed by atoms with van der Waals surface area (Å²) in [4.78, 5) is 11.3. The Hall–Kier alpha value is -0.410. The number of carbonyl (C=O) groups excluding carboxylic acids is 1. The smallest absolute Gasteiger partial charge is 0.150 e. The molecule has 3 nitrogen and oxygen atoms in total. The number of unbranched alkanes of at least 4 members (excludes halogenated alkanes) is 6. The van der Waals surface area contributed by atoms with Gasteiger partial charge in [0.2, 0.25) is 0 Å². The Morgan fingerprint density at radius 3 is 2.13 bits per heavy atom. The minimum absolute atomic E-state index is 0.117. The first-order valence-electron chi connectivity index (χ1n) is 6.20. The lowest BCUT2D eigenvalue weighted by Gasteiger charge is -2.06. The summed E-state index contributed by atoms with van der Waals surface area (Å²) in [5, 5.41) is 0. The molecule has 0 aromatic rings. The van der Waals surface area contributed by atoms with Crippen molar-refractivity contribution in [2.45, 2.75) is 64.3 Å². The lowest BCUT2D eigenvalue weighted by Crippen LogP contribution is -2.37. The molecule has 90 valence electrons. The first kappa shape index (κ1) is 14.6. The molecular formula is C12H26N2O. The van der Waals surface area contributed by atoms with E-state index in [1.165, 1.54) is 32.1 Å². The Kier molecular flexibility index (Phi) is 9.84. The average Bonchev–Trinajstić information content (AvgIpc) is 2.26. The van der Waals surface area contributed by atoms with Crippen molar-refractivity contribution in [3.8, 4) is 0 Å². The normalized spacial score (nSPS) is 12.7. The zero-order chi connectivity index (χ0) is 11.5. The zero-order valence-corrected chi connectivity index (χ0v) is 10.0. The van der Waals surface area contributed by atoms with Crippen molar-refractivity contribution in [1.82, 2.24) is 0 Å². The minimum atomic E-state index is -0.440. The molecule has 0 rings (SSSR count). The number of hydrogen-bond donors (Lipinski definition) is 2. The molecule has 0 radical (unpaired) electrons. The quantitative estimate of drug-likeness (QED) is 0.546.